The number of aliphatic hydroxyl groups is 1. The highest BCUT2D eigenvalue weighted by molar-refractivity contribution is 5.25. The number of aromatic hydroxyl groups is 1. The van der Waals surface area contributed by atoms with Gasteiger partial charge in [0.1, 0.15) is 11.9 Å². The Kier molecular flexibility index (Phi) is 5.87. The molecule has 0 heterocycles. The number of halogens is 3. The van der Waals surface area contributed by atoms with Crippen molar-refractivity contribution in [2.45, 2.75) is 45.4 Å². The smallest absolute Gasteiger partial charge is 0.414 e. The molecule has 2 nitrogen and oxygen atoms in total. The largest absolute Gasteiger partial charge is 0.508 e. The first-order valence-electron chi connectivity index (χ1n) is 6.73. The van der Waals surface area contributed by atoms with E-state index in [1.807, 2.05) is 6.92 Å². The number of rotatable bonds is 6. The summed E-state index contributed by atoms with van der Waals surface area (Å²) in [5.41, 5.74) is 1.04. The Morgan fingerprint density at radius 3 is 2.10 bits per heavy atom. The molecule has 0 spiro atoms. The van der Waals surface area contributed by atoms with Crippen LogP contribution in [0.2, 0.25) is 0 Å². The van der Waals surface area contributed by atoms with E-state index in [1.54, 1.807) is 31.2 Å². The second kappa shape index (κ2) is 6.97. The fourth-order valence-electron chi connectivity index (χ4n) is 2.06. The molecule has 0 saturated carbocycles. The number of hydrogen-bond acceptors (Lipinski definition) is 2. The Balaban J connectivity index is 2.42. The fourth-order valence-corrected chi connectivity index (χ4v) is 2.06. The van der Waals surface area contributed by atoms with Crippen molar-refractivity contribution in [2.75, 3.05) is 0 Å². The number of alkyl halides is 3. The average Bonchev–Trinajstić information content (AvgIpc) is 2.36. The first-order chi connectivity index (χ1) is 9.20. The molecule has 0 fully saturated rings. The summed E-state index contributed by atoms with van der Waals surface area (Å²) in [7, 11) is 0. The van der Waals surface area contributed by atoms with Crippen molar-refractivity contribution in [3.8, 4) is 5.75 Å². The van der Waals surface area contributed by atoms with Gasteiger partial charge in [-0.2, -0.15) is 13.2 Å². The van der Waals surface area contributed by atoms with Gasteiger partial charge in [0.25, 0.3) is 0 Å². The summed E-state index contributed by atoms with van der Waals surface area (Å²) in [4.78, 5) is 0. The predicted molar refractivity (Wildman–Crippen MR) is 71.4 cm³/mol. The molecular weight excluding hydrogens is 269 g/mol. The summed E-state index contributed by atoms with van der Waals surface area (Å²) in [5.74, 6) is 0.0769. The lowest BCUT2D eigenvalue weighted by molar-refractivity contribution is -0.209. The number of benzene rings is 1. The van der Waals surface area contributed by atoms with Crippen LogP contribution < -0.4 is 0 Å². The lowest BCUT2D eigenvalue weighted by Gasteiger charge is -2.24. The number of phenolic OH excluding ortho intramolecular Hbond substituents is 1. The molecule has 0 radical (unpaired) electrons. The van der Waals surface area contributed by atoms with Crippen LogP contribution in [0.15, 0.2) is 24.3 Å². The fraction of sp³-hybridized carbons (Fsp3) is 0.600. The molecule has 1 rings (SSSR count). The molecule has 0 bridgehead atoms. The van der Waals surface area contributed by atoms with Crippen molar-refractivity contribution < 1.29 is 23.4 Å². The molecule has 2 N–H and O–H groups in total. The zero-order chi connectivity index (χ0) is 15.3. The van der Waals surface area contributed by atoms with Crippen molar-refractivity contribution in [3.63, 3.8) is 0 Å². The molecule has 1 aromatic carbocycles. The third-order valence-corrected chi connectivity index (χ3v) is 3.77. The Hall–Kier alpha value is -1.23. The standard InChI is InChI=1S/C15H21F3O2/c1-10(11(2)9-14(20)15(16,17)18)3-4-12-5-7-13(19)8-6-12/h5-8,10-11,14,19-20H,3-4,9H2,1-2H3. The number of aryl methyl sites for hydroxylation is 1. The summed E-state index contributed by atoms with van der Waals surface area (Å²) in [6.07, 6.45) is -5.55. The number of phenols is 1. The maximum Gasteiger partial charge on any atom is 0.414 e. The van der Waals surface area contributed by atoms with Gasteiger partial charge in [-0.1, -0.05) is 26.0 Å². The second-order valence-electron chi connectivity index (χ2n) is 5.45. The molecule has 0 saturated heterocycles. The number of hydrogen-bond donors (Lipinski definition) is 2. The maximum atomic E-state index is 12.3. The van der Waals surface area contributed by atoms with Crippen molar-refractivity contribution in [2.24, 2.45) is 11.8 Å². The molecule has 0 aliphatic heterocycles. The van der Waals surface area contributed by atoms with Gasteiger partial charge in [0.15, 0.2) is 0 Å². The minimum atomic E-state index is -4.54. The van der Waals surface area contributed by atoms with Crippen molar-refractivity contribution in [1.29, 1.82) is 0 Å². The monoisotopic (exact) mass is 290 g/mol. The highest BCUT2D eigenvalue weighted by atomic mass is 19.4. The minimum absolute atomic E-state index is 0.0841. The maximum absolute atomic E-state index is 12.3. The summed E-state index contributed by atoms with van der Waals surface area (Å²) in [5, 5.41) is 18.2. The Morgan fingerprint density at radius 1 is 1.05 bits per heavy atom. The molecule has 3 unspecified atom stereocenters. The lowest BCUT2D eigenvalue weighted by atomic mass is 9.86. The first kappa shape index (κ1) is 16.8. The van der Waals surface area contributed by atoms with Crippen LogP contribution in [0.25, 0.3) is 0 Å². The van der Waals surface area contributed by atoms with E-state index < -0.39 is 12.3 Å². The highest BCUT2D eigenvalue weighted by Crippen LogP contribution is 2.29. The summed E-state index contributed by atoms with van der Waals surface area (Å²) in [6, 6.07) is 6.79. The predicted octanol–water partition coefficient (Wildman–Crippen LogP) is 3.91. The van der Waals surface area contributed by atoms with E-state index in [0.29, 0.717) is 0 Å². The van der Waals surface area contributed by atoms with E-state index in [1.165, 1.54) is 0 Å². The normalized spacial score (nSPS) is 16.7. The molecular formula is C15H21F3O2. The van der Waals surface area contributed by atoms with Gasteiger partial charge >= 0.3 is 6.18 Å². The average molecular weight is 290 g/mol. The van der Waals surface area contributed by atoms with Crippen molar-refractivity contribution in [3.05, 3.63) is 29.8 Å². The van der Waals surface area contributed by atoms with Crippen molar-refractivity contribution >= 4 is 0 Å². The molecule has 0 aliphatic rings. The third-order valence-electron chi connectivity index (χ3n) is 3.77. The SMILES string of the molecule is CC(CCc1ccc(O)cc1)C(C)CC(O)C(F)(F)F. The van der Waals surface area contributed by atoms with Crippen molar-refractivity contribution in [1.82, 2.24) is 0 Å². The van der Waals surface area contributed by atoms with Gasteiger partial charge in [-0.05, 0) is 48.8 Å². The number of aliphatic hydroxyl groups excluding tert-OH is 1. The van der Waals surface area contributed by atoms with E-state index >= 15 is 0 Å². The van der Waals surface area contributed by atoms with Crippen LogP contribution in [0.3, 0.4) is 0 Å². The van der Waals surface area contributed by atoms with Crippen LogP contribution in [-0.2, 0) is 6.42 Å². The van der Waals surface area contributed by atoms with Crippen LogP contribution in [-0.4, -0.2) is 22.5 Å². The Morgan fingerprint density at radius 2 is 1.60 bits per heavy atom. The summed E-state index contributed by atoms with van der Waals surface area (Å²) < 4.78 is 36.9. The van der Waals surface area contributed by atoms with Gasteiger partial charge in [-0.25, -0.2) is 0 Å². The van der Waals surface area contributed by atoms with Gasteiger partial charge < -0.3 is 10.2 Å². The topological polar surface area (TPSA) is 40.5 Å². The highest BCUT2D eigenvalue weighted by Gasteiger charge is 2.39. The molecule has 20 heavy (non-hydrogen) atoms. The zero-order valence-corrected chi connectivity index (χ0v) is 11.7. The summed E-state index contributed by atoms with van der Waals surface area (Å²) in [6.45, 7) is 3.63. The molecule has 1 aromatic rings. The van der Waals surface area contributed by atoms with Crippen LogP contribution >= 0.6 is 0 Å². The lowest BCUT2D eigenvalue weighted by Crippen LogP contribution is -2.31. The van der Waals surface area contributed by atoms with E-state index in [4.69, 9.17) is 10.2 Å². The van der Waals surface area contributed by atoms with E-state index in [2.05, 4.69) is 0 Å². The molecule has 114 valence electrons. The molecule has 3 atom stereocenters. The van der Waals surface area contributed by atoms with E-state index in [-0.39, 0.29) is 24.0 Å². The molecule has 0 aliphatic carbocycles. The van der Waals surface area contributed by atoms with Crippen LogP contribution in [0.1, 0.15) is 32.3 Å². The van der Waals surface area contributed by atoms with E-state index in [0.717, 1.165) is 18.4 Å². The van der Waals surface area contributed by atoms with Crippen LogP contribution in [0.4, 0.5) is 13.2 Å². The first-order valence-corrected chi connectivity index (χ1v) is 6.73. The van der Waals surface area contributed by atoms with Gasteiger partial charge in [0, 0.05) is 0 Å². The molecule has 0 amide bonds. The van der Waals surface area contributed by atoms with Crippen LogP contribution in [0, 0.1) is 11.8 Å². The van der Waals surface area contributed by atoms with Gasteiger partial charge in [0.2, 0.25) is 0 Å². The van der Waals surface area contributed by atoms with Gasteiger partial charge in [-0.3, -0.25) is 0 Å². The van der Waals surface area contributed by atoms with Gasteiger partial charge in [0.05, 0.1) is 0 Å². The zero-order valence-electron chi connectivity index (χ0n) is 11.7. The van der Waals surface area contributed by atoms with E-state index in [9.17, 15) is 13.2 Å². The Bertz CT molecular complexity index is 401. The molecule has 0 aromatic heterocycles. The quantitative estimate of drug-likeness (QED) is 0.834. The van der Waals surface area contributed by atoms with Gasteiger partial charge in [-0.15, -0.1) is 0 Å². The van der Waals surface area contributed by atoms with Crippen LogP contribution in [0.5, 0.6) is 5.75 Å². The Labute approximate surface area is 117 Å². The molecule has 5 heteroatoms. The second-order valence-corrected chi connectivity index (χ2v) is 5.45. The minimum Gasteiger partial charge on any atom is -0.508 e. The summed E-state index contributed by atoms with van der Waals surface area (Å²) >= 11 is 0. The third kappa shape index (κ3) is 5.41.